The van der Waals surface area contributed by atoms with Crippen molar-refractivity contribution in [1.82, 2.24) is 0 Å². The molecule has 1 atom stereocenters. The van der Waals surface area contributed by atoms with Crippen molar-refractivity contribution in [3.63, 3.8) is 0 Å². The zero-order valence-corrected chi connectivity index (χ0v) is 18.4. The summed E-state index contributed by atoms with van der Waals surface area (Å²) in [5.41, 5.74) is 11.8. The average Bonchev–Trinajstić information content (AvgIpc) is 3.26. The monoisotopic (exact) mass is 414 g/mol. The molecule has 0 aromatic heterocycles. The minimum absolute atomic E-state index is 0.0486. The zero-order chi connectivity index (χ0) is 21.3. The molecular weight excluding hydrogens is 384 g/mol. The molecule has 0 radical (unpaired) electrons. The highest BCUT2D eigenvalue weighted by Gasteiger charge is 2.46. The molecule has 0 fully saturated rings. The predicted molar refractivity (Wildman–Crippen MR) is 120 cm³/mol. The second-order valence-corrected chi connectivity index (χ2v) is 10.5. The van der Waals surface area contributed by atoms with Crippen LogP contribution in [-0.4, -0.2) is 16.9 Å². The third-order valence-electron chi connectivity index (χ3n) is 8.50. The Kier molecular flexibility index (Phi) is 4.22. The second-order valence-electron chi connectivity index (χ2n) is 10.5. The van der Waals surface area contributed by atoms with Crippen molar-refractivity contribution in [1.29, 1.82) is 0 Å². The first-order chi connectivity index (χ1) is 15.0. The average molecular weight is 415 g/mol. The highest BCUT2D eigenvalue weighted by atomic mass is 16.4. The maximum atomic E-state index is 12.7. The van der Waals surface area contributed by atoms with Gasteiger partial charge in [0, 0.05) is 5.56 Å². The van der Waals surface area contributed by atoms with Gasteiger partial charge in [0.05, 0.1) is 5.56 Å². The maximum Gasteiger partial charge on any atom is 0.336 e. The van der Waals surface area contributed by atoms with Gasteiger partial charge in [0.2, 0.25) is 0 Å². The standard InChI is InChI=1S/C28H30O3/c1-16(29)25-21-8-4-2-6-17(21)10-19-12-28(14-23(19)25)13-20-11-18-7-3-5-9-22(18)26(27(30)31)24(20)15-28/h10-11H,2-9,12-15H2,1H3,(H,30,31)/t28-/m1/s1. The van der Waals surface area contributed by atoms with E-state index in [4.69, 9.17) is 0 Å². The van der Waals surface area contributed by atoms with Crippen LogP contribution in [0.15, 0.2) is 12.1 Å². The largest absolute Gasteiger partial charge is 0.478 e. The van der Waals surface area contributed by atoms with Crippen LogP contribution in [-0.2, 0) is 51.4 Å². The molecule has 3 nitrogen and oxygen atoms in total. The maximum absolute atomic E-state index is 12.7. The second kappa shape index (κ2) is 6.79. The van der Waals surface area contributed by atoms with Crippen molar-refractivity contribution < 1.29 is 14.7 Å². The number of carboxylic acids is 1. The van der Waals surface area contributed by atoms with Crippen molar-refractivity contribution in [2.45, 2.75) is 84.0 Å². The van der Waals surface area contributed by atoms with E-state index in [0.717, 1.165) is 80.9 Å². The van der Waals surface area contributed by atoms with Crippen LogP contribution >= 0.6 is 0 Å². The van der Waals surface area contributed by atoms with E-state index in [1.54, 1.807) is 6.92 Å². The smallest absolute Gasteiger partial charge is 0.336 e. The number of carboxylic acid groups (broad SMARTS) is 1. The van der Waals surface area contributed by atoms with Gasteiger partial charge in [-0.1, -0.05) is 12.1 Å². The van der Waals surface area contributed by atoms with E-state index in [9.17, 15) is 14.7 Å². The Bertz CT molecular complexity index is 1060. The van der Waals surface area contributed by atoms with Crippen LogP contribution in [0.3, 0.4) is 0 Å². The Hall–Kier alpha value is -2.42. The Morgan fingerprint density at radius 3 is 1.68 bits per heavy atom. The molecule has 6 rings (SSSR count). The molecule has 0 bridgehead atoms. The molecule has 0 saturated heterocycles. The SMILES string of the molecule is CC(=O)c1c2c(cc3c1C[C@@]1(C3)Cc3cc4c(c(C(=O)O)c3C1)CCCC4)CCCC2. The van der Waals surface area contributed by atoms with E-state index in [-0.39, 0.29) is 11.2 Å². The van der Waals surface area contributed by atoms with Crippen LogP contribution in [0.25, 0.3) is 0 Å². The molecule has 0 amide bonds. The van der Waals surface area contributed by atoms with Crippen LogP contribution in [0.1, 0.15) is 97.8 Å². The summed E-state index contributed by atoms with van der Waals surface area (Å²) in [6, 6.07) is 4.74. The Morgan fingerprint density at radius 1 is 0.677 bits per heavy atom. The highest BCUT2D eigenvalue weighted by Crippen LogP contribution is 2.51. The van der Waals surface area contributed by atoms with Crippen molar-refractivity contribution in [3.8, 4) is 0 Å². The summed E-state index contributed by atoms with van der Waals surface area (Å²) in [5.74, 6) is -0.535. The summed E-state index contributed by atoms with van der Waals surface area (Å²) in [7, 11) is 0. The molecule has 1 spiro atoms. The third-order valence-corrected chi connectivity index (χ3v) is 8.50. The summed E-state index contributed by atoms with van der Waals surface area (Å²) >= 11 is 0. The summed E-state index contributed by atoms with van der Waals surface area (Å²) in [6.07, 6.45) is 12.4. The Balaban J connectivity index is 1.45. The molecule has 0 saturated carbocycles. The number of aryl methyl sites for hydroxylation is 2. The number of carbonyl (C=O) groups is 2. The molecule has 4 aliphatic rings. The lowest BCUT2D eigenvalue weighted by molar-refractivity contribution is 0.0693. The number of hydrogen-bond acceptors (Lipinski definition) is 2. The number of carbonyl (C=O) groups excluding carboxylic acids is 1. The van der Waals surface area contributed by atoms with Gasteiger partial charge in [-0.3, -0.25) is 4.79 Å². The number of aromatic carboxylic acids is 1. The first kappa shape index (κ1) is 19.3. The van der Waals surface area contributed by atoms with Gasteiger partial charge in [-0.15, -0.1) is 0 Å². The van der Waals surface area contributed by atoms with Crippen molar-refractivity contribution in [2.24, 2.45) is 5.41 Å². The normalized spacial score (nSPS) is 23.3. The molecule has 0 heterocycles. The molecule has 0 aliphatic heterocycles. The molecule has 160 valence electrons. The fourth-order valence-electron chi connectivity index (χ4n) is 7.36. The van der Waals surface area contributed by atoms with Gasteiger partial charge < -0.3 is 5.11 Å². The quantitative estimate of drug-likeness (QED) is 0.685. The number of benzene rings is 2. The summed E-state index contributed by atoms with van der Waals surface area (Å²) in [4.78, 5) is 25.1. The molecule has 1 N–H and O–H groups in total. The van der Waals surface area contributed by atoms with E-state index in [1.165, 1.54) is 46.2 Å². The molecule has 2 aromatic carbocycles. The lowest BCUT2D eigenvalue weighted by Crippen LogP contribution is -2.22. The number of fused-ring (bicyclic) bond motifs is 4. The van der Waals surface area contributed by atoms with Crippen LogP contribution in [0.2, 0.25) is 0 Å². The Morgan fingerprint density at radius 2 is 1.16 bits per heavy atom. The fourth-order valence-corrected chi connectivity index (χ4v) is 7.36. The van der Waals surface area contributed by atoms with E-state index in [1.807, 2.05) is 0 Å². The van der Waals surface area contributed by atoms with Gasteiger partial charge >= 0.3 is 5.97 Å². The van der Waals surface area contributed by atoms with Gasteiger partial charge in [-0.05, 0) is 134 Å². The summed E-state index contributed by atoms with van der Waals surface area (Å²) < 4.78 is 0. The minimum atomic E-state index is -0.748. The highest BCUT2D eigenvalue weighted by molar-refractivity contribution is 5.98. The summed E-state index contributed by atoms with van der Waals surface area (Å²) in [6.45, 7) is 1.73. The van der Waals surface area contributed by atoms with E-state index in [0.29, 0.717) is 5.56 Å². The van der Waals surface area contributed by atoms with Gasteiger partial charge in [0.15, 0.2) is 5.78 Å². The van der Waals surface area contributed by atoms with Gasteiger partial charge in [-0.2, -0.15) is 0 Å². The fraction of sp³-hybridized carbons (Fsp3) is 0.500. The number of rotatable bonds is 2. The Labute approximate surface area is 183 Å². The lowest BCUT2D eigenvalue weighted by atomic mass is 9.80. The first-order valence-corrected chi connectivity index (χ1v) is 12.0. The number of ketones is 1. The predicted octanol–water partition coefficient (Wildman–Crippen LogP) is 5.23. The molecule has 31 heavy (non-hydrogen) atoms. The van der Waals surface area contributed by atoms with Crippen LogP contribution in [0, 0.1) is 5.41 Å². The van der Waals surface area contributed by atoms with Crippen molar-refractivity contribution >= 4 is 11.8 Å². The summed E-state index contributed by atoms with van der Waals surface area (Å²) in [5, 5.41) is 10.1. The van der Waals surface area contributed by atoms with Gasteiger partial charge in [0.25, 0.3) is 0 Å². The van der Waals surface area contributed by atoms with Crippen LogP contribution < -0.4 is 0 Å². The minimum Gasteiger partial charge on any atom is -0.478 e. The number of Topliss-reactive ketones (excluding diaryl/α,β-unsaturated/α-hetero) is 1. The third kappa shape index (κ3) is 2.85. The molecule has 2 aromatic rings. The van der Waals surface area contributed by atoms with Crippen molar-refractivity contribution in [3.05, 3.63) is 67.8 Å². The van der Waals surface area contributed by atoms with E-state index >= 15 is 0 Å². The molecule has 4 aliphatic carbocycles. The molecular formula is C28H30O3. The molecule has 3 heteroatoms. The van der Waals surface area contributed by atoms with Crippen LogP contribution in [0.4, 0.5) is 0 Å². The number of hydrogen-bond donors (Lipinski definition) is 1. The van der Waals surface area contributed by atoms with E-state index < -0.39 is 5.97 Å². The van der Waals surface area contributed by atoms with Gasteiger partial charge in [-0.25, -0.2) is 4.79 Å². The lowest BCUT2D eigenvalue weighted by Gasteiger charge is -2.23. The van der Waals surface area contributed by atoms with Crippen molar-refractivity contribution in [2.75, 3.05) is 0 Å². The topological polar surface area (TPSA) is 54.4 Å². The van der Waals surface area contributed by atoms with Crippen LogP contribution in [0.5, 0.6) is 0 Å². The molecule has 0 unspecified atom stereocenters. The zero-order valence-electron chi connectivity index (χ0n) is 18.4. The van der Waals surface area contributed by atoms with Gasteiger partial charge in [0.1, 0.15) is 0 Å². The van der Waals surface area contributed by atoms with E-state index in [2.05, 4.69) is 12.1 Å². The first-order valence-electron chi connectivity index (χ1n) is 12.0.